The van der Waals surface area contributed by atoms with Gasteiger partial charge in [0.25, 0.3) is 0 Å². The molecule has 260 valence electrons. The molecule has 0 saturated heterocycles. The summed E-state index contributed by atoms with van der Waals surface area (Å²) >= 11 is 0. The van der Waals surface area contributed by atoms with Gasteiger partial charge in [0.15, 0.2) is 0 Å². The van der Waals surface area contributed by atoms with Crippen molar-refractivity contribution in [2.75, 3.05) is 0 Å². The molecule has 0 N–H and O–H groups in total. The maximum atomic E-state index is 5.41. The normalized spacial score (nSPS) is 12.5. The molecule has 1 heterocycles. The molecule has 0 unspecified atom stereocenters. The van der Waals surface area contributed by atoms with Gasteiger partial charge in [-0.05, 0) is 89.6 Å². The maximum Gasteiger partial charge on any atom is 0.0803 e. The lowest BCUT2D eigenvalue weighted by Gasteiger charge is -2.18. The van der Waals surface area contributed by atoms with Gasteiger partial charge in [-0.2, -0.15) is 0 Å². The lowest BCUT2D eigenvalue weighted by atomic mass is 9.93. The van der Waals surface area contributed by atoms with E-state index in [1.165, 1.54) is 65.3 Å². The monoisotopic (exact) mass is 710 g/mol. The highest BCUT2D eigenvalue weighted by atomic mass is 14.8. The van der Waals surface area contributed by atoms with E-state index in [2.05, 4.69) is 206 Å². The van der Waals surface area contributed by atoms with Crippen LogP contribution in [-0.4, -0.2) is 11.4 Å². The second-order valence-corrected chi connectivity index (χ2v) is 14.6. The Labute approximate surface area is 325 Å². The van der Waals surface area contributed by atoms with E-state index in [9.17, 15) is 0 Å². The van der Waals surface area contributed by atoms with Gasteiger partial charge in [-0.1, -0.05) is 182 Å². The molecule has 10 aromatic rings. The molecule has 0 aliphatic carbocycles. The minimum atomic E-state index is 0.896. The Balaban J connectivity index is 0.948. The number of nitrogens with zero attached hydrogens (tertiary/aromatic N) is 2. The molecule has 0 fully saturated rings. The highest BCUT2D eigenvalue weighted by Crippen LogP contribution is 2.36. The van der Waals surface area contributed by atoms with Crippen LogP contribution in [0.4, 0.5) is 11.4 Å². The number of benzene rings is 10. The van der Waals surface area contributed by atoms with Gasteiger partial charge in [-0.25, -0.2) is 9.98 Å². The Bertz CT molecular complexity index is 3000. The third-order valence-corrected chi connectivity index (χ3v) is 11.3. The standard InChI is InChI=1S/C54H34N2/c1-3-11-45-37(9-1)21-27-43-33-41(29-31-47(43)45)35-17-23-39(24-18-35)53-49-13-5-7-15-51(49)56-54(50-14-6-8-16-52(50)55-53)40-25-19-36(20-26-40)42-30-32-48-44(34-42)28-22-38-10-2-4-12-46(38)48/h1-34H. The van der Waals surface area contributed by atoms with Crippen molar-refractivity contribution >= 4 is 65.9 Å². The van der Waals surface area contributed by atoms with Gasteiger partial charge >= 0.3 is 0 Å². The fourth-order valence-electron chi connectivity index (χ4n) is 8.37. The average molecular weight is 711 g/mol. The van der Waals surface area contributed by atoms with Crippen molar-refractivity contribution < 1.29 is 0 Å². The molecule has 10 aromatic carbocycles. The van der Waals surface area contributed by atoms with Crippen molar-refractivity contribution in [3.63, 3.8) is 0 Å². The van der Waals surface area contributed by atoms with Crippen LogP contribution in [-0.2, 0) is 0 Å². The molecule has 1 aliphatic heterocycles. The minimum Gasteiger partial charge on any atom is -0.247 e. The molecule has 0 spiro atoms. The molecule has 2 nitrogen and oxygen atoms in total. The Morgan fingerprint density at radius 1 is 0.232 bits per heavy atom. The minimum absolute atomic E-state index is 0.896. The first-order valence-electron chi connectivity index (χ1n) is 19.1. The van der Waals surface area contributed by atoms with Crippen molar-refractivity contribution in [1.29, 1.82) is 0 Å². The summed E-state index contributed by atoms with van der Waals surface area (Å²) < 4.78 is 0. The highest BCUT2D eigenvalue weighted by Gasteiger charge is 2.20. The van der Waals surface area contributed by atoms with Crippen LogP contribution in [0.25, 0.3) is 65.3 Å². The van der Waals surface area contributed by atoms with E-state index < -0.39 is 0 Å². The average Bonchev–Trinajstić information content (AvgIpc) is 3.27. The lowest BCUT2D eigenvalue weighted by Crippen LogP contribution is -2.10. The predicted molar refractivity (Wildman–Crippen MR) is 237 cm³/mol. The fraction of sp³-hybridized carbons (Fsp3) is 0. The second-order valence-electron chi connectivity index (χ2n) is 14.6. The molecule has 0 aromatic heterocycles. The van der Waals surface area contributed by atoms with Crippen LogP contribution in [0.15, 0.2) is 216 Å². The Morgan fingerprint density at radius 3 is 1.04 bits per heavy atom. The smallest absolute Gasteiger partial charge is 0.0803 e. The summed E-state index contributed by atoms with van der Waals surface area (Å²) in [5, 5.41) is 10.1. The molecule has 0 saturated carbocycles. The van der Waals surface area contributed by atoms with E-state index in [0.29, 0.717) is 0 Å². The van der Waals surface area contributed by atoms with E-state index in [0.717, 1.165) is 45.1 Å². The van der Waals surface area contributed by atoms with Crippen molar-refractivity contribution in [3.8, 4) is 22.3 Å². The number of para-hydroxylation sites is 2. The predicted octanol–water partition coefficient (Wildman–Crippen LogP) is 14.3. The number of rotatable bonds is 4. The van der Waals surface area contributed by atoms with Gasteiger partial charge in [0.1, 0.15) is 0 Å². The molecule has 0 bridgehead atoms. The van der Waals surface area contributed by atoms with Crippen LogP contribution in [0.3, 0.4) is 0 Å². The summed E-state index contributed by atoms with van der Waals surface area (Å²) in [5.74, 6) is 0. The van der Waals surface area contributed by atoms with Crippen LogP contribution >= 0.6 is 0 Å². The molecule has 1 aliphatic rings. The van der Waals surface area contributed by atoms with Crippen LogP contribution in [0, 0.1) is 0 Å². The Morgan fingerprint density at radius 2 is 0.571 bits per heavy atom. The number of hydrogen-bond acceptors (Lipinski definition) is 2. The molecule has 0 radical (unpaired) electrons. The summed E-state index contributed by atoms with van der Waals surface area (Å²) in [7, 11) is 0. The van der Waals surface area contributed by atoms with Gasteiger partial charge in [-0.15, -0.1) is 0 Å². The first-order valence-corrected chi connectivity index (χ1v) is 19.1. The van der Waals surface area contributed by atoms with Gasteiger partial charge in [0.05, 0.1) is 22.8 Å². The quantitative estimate of drug-likeness (QED) is 0.163. The zero-order chi connectivity index (χ0) is 37.0. The fourth-order valence-corrected chi connectivity index (χ4v) is 8.37. The van der Waals surface area contributed by atoms with Crippen LogP contribution in [0.2, 0.25) is 0 Å². The van der Waals surface area contributed by atoms with E-state index in [4.69, 9.17) is 9.98 Å². The summed E-state index contributed by atoms with van der Waals surface area (Å²) in [6.45, 7) is 0. The molecular formula is C54H34N2. The topological polar surface area (TPSA) is 24.7 Å². The second kappa shape index (κ2) is 13.2. The van der Waals surface area contributed by atoms with Gasteiger partial charge in [0.2, 0.25) is 0 Å². The van der Waals surface area contributed by atoms with Crippen molar-refractivity contribution in [2.24, 2.45) is 9.98 Å². The SMILES string of the molecule is c1ccc2c(c1)N=C(c1ccc(-c3ccc4c(ccc5ccccc54)c3)cc1)c1ccccc1N=C2c1ccc(-c2ccc3c(ccc4ccccc43)c2)cc1. The number of hydrogen-bond donors (Lipinski definition) is 0. The van der Waals surface area contributed by atoms with E-state index >= 15 is 0 Å². The third-order valence-electron chi connectivity index (χ3n) is 11.3. The Hall–Kier alpha value is -7.42. The summed E-state index contributed by atoms with van der Waals surface area (Å²) in [6, 6.07) is 73.9. The highest BCUT2D eigenvalue weighted by molar-refractivity contribution is 6.23. The van der Waals surface area contributed by atoms with Gasteiger partial charge in [0, 0.05) is 22.3 Å². The number of aliphatic imine (C=N–C) groups is 2. The largest absolute Gasteiger partial charge is 0.247 e. The zero-order valence-electron chi connectivity index (χ0n) is 30.5. The molecule has 2 heteroatoms. The first-order chi connectivity index (χ1) is 27.7. The summed E-state index contributed by atoms with van der Waals surface area (Å²) in [5.41, 5.74) is 12.4. The zero-order valence-corrected chi connectivity index (χ0v) is 30.5. The van der Waals surface area contributed by atoms with Gasteiger partial charge < -0.3 is 0 Å². The van der Waals surface area contributed by atoms with Crippen molar-refractivity contribution in [3.05, 3.63) is 229 Å². The van der Waals surface area contributed by atoms with Crippen LogP contribution in [0.1, 0.15) is 22.3 Å². The van der Waals surface area contributed by atoms with Gasteiger partial charge in [-0.3, -0.25) is 0 Å². The molecule has 0 atom stereocenters. The Kier molecular flexibility index (Phi) is 7.53. The van der Waals surface area contributed by atoms with Crippen LogP contribution < -0.4 is 0 Å². The first kappa shape index (κ1) is 32.0. The maximum absolute atomic E-state index is 5.41. The summed E-state index contributed by atoms with van der Waals surface area (Å²) in [4.78, 5) is 10.8. The lowest BCUT2D eigenvalue weighted by molar-refractivity contribution is 1.39. The molecule has 0 amide bonds. The summed E-state index contributed by atoms with van der Waals surface area (Å²) in [6.07, 6.45) is 0. The van der Waals surface area contributed by atoms with Crippen LogP contribution in [0.5, 0.6) is 0 Å². The van der Waals surface area contributed by atoms with E-state index in [-0.39, 0.29) is 0 Å². The molecule has 56 heavy (non-hydrogen) atoms. The molecule has 11 rings (SSSR count). The number of fused-ring (bicyclic) bond motifs is 8. The van der Waals surface area contributed by atoms with Crippen molar-refractivity contribution in [1.82, 2.24) is 0 Å². The van der Waals surface area contributed by atoms with E-state index in [1.54, 1.807) is 0 Å². The van der Waals surface area contributed by atoms with Crippen molar-refractivity contribution in [2.45, 2.75) is 0 Å². The van der Waals surface area contributed by atoms with E-state index in [1.807, 2.05) is 0 Å². The third kappa shape index (κ3) is 5.51. The molecular weight excluding hydrogens is 677 g/mol.